The first-order valence-electron chi connectivity index (χ1n) is 10.1. The highest BCUT2D eigenvalue weighted by atomic mass is 16.2. The van der Waals surface area contributed by atoms with Crippen LogP contribution in [0.4, 0.5) is 11.4 Å². The van der Waals surface area contributed by atoms with Crippen molar-refractivity contribution in [2.24, 2.45) is 0 Å². The second kappa shape index (κ2) is 8.28. The van der Waals surface area contributed by atoms with Crippen LogP contribution in [0.3, 0.4) is 0 Å². The van der Waals surface area contributed by atoms with Gasteiger partial charge in [-0.25, -0.2) is 9.97 Å². The number of pyridine rings is 2. The van der Waals surface area contributed by atoms with Gasteiger partial charge in [0.15, 0.2) is 0 Å². The second-order valence-electron chi connectivity index (χ2n) is 7.23. The molecule has 5 rings (SSSR count). The number of para-hydroxylation sites is 4. The third kappa shape index (κ3) is 3.89. The Morgan fingerprint density at radius 3 is 1.38 bits per heavy atom. The molecule has 0 aliphatic heterocycles. The molecule has 154 valence electrons. The SMILES string of the molecule is O=C(Nc1ccccc1NC(=O)c1ccc2ccccc2n1)c1ccc2ccccc2n1. The molecule has 2 heterocycles. The number of nitrogens with zero attached hydrogens (tertiary/aromatic N) is 2. The number of carbonyl (C=O) groups is 2. The van der Waals surface area contributed by atoms with Gasteiger partial charge < -0.3 is 10.6 Å². The molecule has 0 bridgehead atoms. The number of amides is 2. The van der Waals surface area contributed by atoms with Crippen LogP contribution < -0.4 is 10.6 Å². The highest BCUT2D eigenvalue weighted by Crippen LogP contribution is 2.23. The standard InChI is InChI=1S/C26H18N4O2/c31-25(23-15-13-17-7-1-3-9-19(17)27-23)29-21-11-5-6-12-22(21)30-26(32)24-16-14-18-8-2-4-10-20(18)28-24/h1-16H,(H,29,31)(H,30,32). The summed E-state index contributed by atoms with van der Waals surface area (Å²) >= 11 is 0. The minimum atomic E-state index is -0.360. The van der Waals surface area contributed by atoms with Gasteiger partial charge in [-0.2, -0.15) is 0 Å². The van der Waals surface area contributed by atoms with E-state index in [0.29, 0.717) is 22.8 Å². The first-order valence-corrected chi connectivity index (χ1v) is 10.1. The maximum Gasteiger partial charge on any atom is 0.274 e. The van der Waals surface area contributed by atoms with E-state index in [9.17, 15) is 9.59 Å². The van der Waals surface area contributed by atoms with Crippen molar-refractivity contribution in [3.8, 4) is 0 Å². The van der Waals surface area contributed by atoms with Gasteiger partial charge >= 0.3 is 0 Å². The quantitative estimate of drug-likeness (QED) is 0.415. The number of anilines is 2. The van der Waals surface area contributed by atoms with E-state index >= 15 is 0 Å². The van der Waals surface area contributed by atoms with Crippen LogP contribution >= 0.6 is 0 Å². The van der Waals surface area contributed by atoms with Gasteiger partial charge in [0.1, 0.15) is 11.4 Å². The fourth-order valence-electron chi connectivity index (χ4n) is 3.46. The lowest BCUT2D eigenvalue weighted by molar-refractivity contribution is 0.101. The molecule has 2 amide bonds. The fourth-order valence-corrected chi connectivity index (χ4v) is 3.46. The molecule has 0 saturated carbocycles. The van der Waals surface area contributed by atoms with E-state index in [1.54, 1.807) is 36.4 Å². The van der Waals surface area contributed by atoms with Crippen molar-refractivity contribution in [1.29, 1.82) is 0 Å². The number of nitrogens with one attached hydrogen (secondary N) is 2. The van der Waals surface area contributed by atoms with E-state index in [4.69, 9.17) is 0 Å². The van der Waals surface area contributed by atoms with Gasteiger partial charge in [0.2, 0.25) is 0 Å². The molecular weight excluding hydrogens is 400 g/mol. The molecular formula is C26H18N4O2. The van der Waals surface area contributed by atoms with Gasteiger partial charge in [0.25, 0.3) is 11.8 Å². The van der Waals surface area contributed by atoms with Crippen LogP contribution in [0.1, 0.15) is 21.0 Å². The van der Waals surface area contributed by atoms with Crippen molar-refractivity contribution < 1.29 is 9.59 Å². The summed E-state index contributed by atoms with van der Waals surface area (Å²) in [7, 11) is 0. The van der Waals surface area contributed by atoms with Crippen molar-refractivity contribution in [2.75, 3.05) is 10.6 Å². The predicted octanol–water partition coefficient (Wildman–Crippen LogP) is 5.29. The number of benzene rings is 3. The van der Waals surface area contributed by atoms with Gasteiger partial charge in [0, 0.05) is 10.8 Å². The van der Waals surface area contributed by atoms with E-state index in [1.807, 2.05) is 60.7 Å². The number of carbonyl (C=O) groups excluding carboxylic acids is 2. The summed E-state index contributed by atoms with van der Waals surface area (Å²) in [5.74, 6) is -0.720. The highest BCUT2D eigenvalue weighted by Gasteiger charge is 2.14. The minimum Gasteiger partial charge on any atom is -0.319 e. The van der Waals surface area contributed by atoms with Crippen LogP contribution in [-0.4, -0.2) is 21.8 Å². The predicted molar refractivity (Wildman–Crippen MR) is 126 cm³/mol. The van der Waals surface area contributed by atoms with Crippen LogP contribution in [0.25, 0.3) is 21.8 Å². The molecule has 0 unspecified atom stereocenters. The molecule has 6 heteroatoms. The Labute approximate surface area is 184 Å². The van der Waals surface area contributed by atoms with E-state index < -0.39 is 0 Å². The monoisotopic (exact) mass is 418 g/mol. The van der Waals surface area contributed by atoms with Crippen molar-refractivity contribution in [2.45, 2.75) is 0 Å². The van der Waals surface area contributed by atoms with Crippen LogP contribution in [0, 0.1) is 0 Å². The third-order valence-corrected chi connectivity index (χ3v) is 5.09. The molecule has 6 nitrogen and oxygen atoms in total. The summed E-state index contributed by atoms with van der Waals surface area (Å²) in [6, 6.07) is 29.3. The number of aromatic nitrogens is 2. The normalized spacial score (nSPS) is 10.8. The van der Waals surface area contributed by atoms with Crippen molar-refractivity contribution in [3.05, 3.63) is 108 Å². The van der Waals surface area contributed by atoms with E-state index in [0.717, 1.165) is 21.8 Å². The minimum absolute atomic E-state index is 0.293. The first kappa shape index (κ1) is 19.4. The summed E-state index contributed by atoms with van der Waals surface area (Å²) in [4.78, 5) is 34.5. The summed E-state index contributed by atoms with van der Waals surface area (Å²) < 4.78 is 0. The number of hydrogen-bond acceptors (Lipinski definition) is 4. The van der Waals surface area contributed by atoms with Crippen LogP contribution in [0.5, 0.6) is 0 Å². The summed E-state index contributed by atoms with van der Waals surface area (Å²) in [6.07, 6.45) is 0. The van der Waals surface area contributed by atoms with Crippen LogP contribution in [0.2, 0.25) is 0 Å². The Hall–Kier alpha value is -4.58. The molecule has 0 saturated heterocycles. The molecule has 0 aliphatic carbocycles. The number of hydrogen-bond donors (Lipinski definition) is 2. The first-order chi connectivity index (χ1) is 15.7. The zero-order valence-electron chi connectivity index (χ0n) is 16.9. The summed E-state index contributed by atoms with van der Waals surface area (Å²) in [5.41, 5.74) is 3.01. The van der Waals surface area contributed by atoms with Gasteiger partial charge in [-0.3, -0.25) is 9.59 Å². The van der Waals surface area contributed by atoms with E-state index in [-0.39, 0.29) is 11.8 Å². The molecule has 32 heavy (non-hydrogen) atoms. The Balaban J connectivity index is 1.38. The maximum atomic E-state index is 12.8. The van der Waals surface area contributed by atoms with Gasteiger partial charge in [-0.15, -0.1) is 0 Å². The molecule has 2 aromatic heterocycles. The number of rotatable bonds is 4. The fraction of sp³-hybridized carbons (Fsp3) is 0. The molecule has 0 atom stereocenters. The smallest absolute Gasteiger partial charge is 0.274 e. The summed E-state index contributed by atoms with van der Waals surface area (Å²) in [6.45, 7) is 0. The average molecular weight is 418 g/mol. The lowest BCUT2D eigenvalue weighted by Gasteiger charge is -2.12. The zero-order chi connectivity index (χ0) is 21.9. The zero-order valence-corrected chi connectivity index (χ0v) is 16.9. The highest BCUT2D eigenvalue weighted by molar-refractivity contribution is 6.09. The largest absolute Gasteiger partial charge is 0.319 e. The van der Waals surface area contributed by atoms with Crippen molar-refractivity contribution in [3.63, 3.8) is 0 Å². The molecule has 0 aliphatic rings. The maximum absolute atomic E-state index is 12.8. The van der Waals surface area contributed by atoms with Gasteiger partial charge in [0.05, 0.1) is 22.4 Å². The molecule has 0 radical (unpaired) electrons. The Bertz CT molecular complexity index is 1370. The lowest BCUT2D eigenvalue weighted by Crippen LogP contribution is -2.18. The summed E-state index contributed by atoms with van der Waals surface area (Å²) in [5, 5.41) is 7.60. The number of fused-ring (bicyclic) bond motifs is 2. The van der Waals surface area contributed by atoms with Crippen LogP contribution in [-0.2, 0) is 0 Å². The Kier molecular flexibility index (Phi) is 5.01. The van der Waals surface area contributed by atoms with Gasteiger partial charge in [-0.05, 0) is 36.4 Å². The molecule has 0 spiro atoms. The van der Waals surface area contributed by atoms with Gasteiger partial charge in [-0.1, -0.05) is 60.7 Å². The molecule has 0 fully saturated rings. The lowest BCUT2D eigenvalue weighted by atomic mass is 10.2. The van der Waals surface area contributed by atoms with Crippen molar-refractivity contribution >= 4 is 45.0 Å². The topological polar surface area (TPSA) is 84.0 Å². The Morgan fingerprint density at radius 1 is 0.500 bits per heavy atom. The molecule has 3 aromatic carbocycles. The van der Waals surface area contributed by atoms with E-state index in [2.05, 4.69) is 20.6 Å². The molecule has 2 N–H and O–H groups in total. The van der Waals surface area contributed by atoms with Crippen molar-refractivity contribution in [1.82, 2.24) is 9.97 Å². The second-order valence-corrected chi connectivity index (χ2v) is 7.23. The molecule has 5 aromatic rings. The van der Waals surface area contributed by atoms with Crippen LogP contribution in [0.15, 0.2) is 97.1 Å². The Morgan fingerprint density at radius 2 is 0.906 bits per heavy atom. The third-order valence-electron chi connectivity index (χ3n) is 5.09. The average Bonchev–Trinajstić information content (AvgIpc) is 2.84. The van der Waals surface area contributed by atoms with E-state index in [1.165, 1.54) is 0 Å².